The van der Waals surface area contributed by atoms with E-state index in [1.165, 1.54) is 0 Å². The highest BCUT2D eigenvalue weighted by Crippen LogP contribution is 2.25. The van der Waals surface area contributed by atoms with Gasteiger partial charge in [-0.15, -0.1) is 0 Å². The average molecular weight is 294 g/mol. The third-order valence-electron chi connectivity index (χ3n) is 1.52. The summed E-state index contributed by atoms with van der Waals surface area (Å²) in [6, 6.07) is 5.50. The topological polar surface area (TPSA) is 24.1 Å². The van der Waals surface area contributed by atoms with Crippen LogP contribution in [0.15, 0.2) is 22.7 Å². The maximum atomic E-state index is 5.81. The van der Waals surface area contributed by atoms with Crippen LogP contribution in [0.1, 0.15) is 6.92 Å². The highest BCUT2D eigenvalue weighted by molar-refractivity contribution is 9.10. The molecule has 0 unspecified atom stereocenters. The summed E-state index contributed by atoms with van der Waals surface area (Å²) in [7, 11) is 0. The second-order valence-electron chi connectivity index (χ2n) is 2.61. The third-order valence-corrected chi connectivity index (χ3v) is 2.65. The first kappa shape index (κ1) is 11.8. The van der Waals surface area contributed by atoms with Gasteiger partial charge in [0.05, 0.1) is 5.69 Å². The van der Waals surface area contributed by atoms with Gasteiger partial charge in [0, 0.05) is 16.0 Å². The molecule has 2 nitrogen and oxygen atoms in total. The lowest BCUT2D eigenvalue weighted by Crippen LogP contribution is -2.27. The largest absolute Gasteiger partial charge is 0.363 e. The Hall–Kier alpha value is -0.320. The molecule has 0 fully saturated rings. The van der Waals surface area contributed by atoms with Gasteiger partial charge in [-0.2, -0.15) is 0 Å². The van der Waals surface area contributed by atoms with Crippen LogP contribution in [-0.2, 0) is 0 Å². The zero-order valence-electron chi connectivity index (χ0n) is 7.60. The van der Waals surface area contributed by atoms with E-state index in [9.17, 15) is 0 Å². The number of hydrogen-bond donors (Lipinski definition) is 2. The number of thiocarbonyl (C=S) groups is 1. The summed E-state index contributed by atoms with van der Waals surface area (Å²) < 4.78 is 0.894. The van der Waals surface area contributed by atoms with Gasteiger partial charge in [0.1, 0.15) is 0 Å². The zero-order valence-corrected chi connectivity index (χ0v) is 10.8. The molecular weight excluding hydrogens is 284 g/mol. The number of hydrogen-bond acceptors (Lipinski definition) is 1. The minimum Gasteiger partial charge on any atom is -0.363 e. The van der Waals surface area contributed by atoms with Gasteiger partial charge in [0.15, 0.2) is 5.11 Å². The monoisotopic (exact) mass is 292 g/mol. The molecule has 1 aromatic rings. The first-order chi connectivity index (χ1) is 6.63. The molecule has 76 valence electrons. The molecule has 5 heteroatoms. The van der Waals surface area contributed by atoms with Crippen molar-refractivity contribution < 1.29 is 0 Å². The molecule has 0 atom stereocenters. The molecule has 0 aromatic heterocycles. The van der Waals surface area contributed by atoms with Crippen molar-refractivity contribution in [1.29, 1.82) is 0 Å². The van der Waals surface area contributed by atoms with Gasteiger partial charge in [0.25, 0.3) is 0 Å². The van der Waals surface area contributed by atoms with E-state index in [0.717, 1.165) is 16.7 Å². The number of halogens is 2. The Kier molecular flexibility index (Phi) is 4.65. The molecule has 0 amide bonds. The maximum Gasteiger partial charge on any atom is 0.170 e. The van der Waals surface area contributed by atoms with E-state index >= 15 is 0 Å². The van der Waals surface area contributed by atoms with Crippen LogP contribution in [0.3, 0.4) is 0 Å². The van der Waals surface area contributed by atoms with Gasteiger partial charge < -0.3 is 10.6 Å². The van der Waals surface area contributed by atoms with Crippen LogP contribution < -0.4 is 10.6 Å². The number of rotatable bonds is 2. The smallest absolute Gasteiger partial charge is 0.170 e. The van der Waals surface area contributed by atoms with E-state index in [2.05, 4.69) is 26.6 Å². The molecule has 0 aliphatic carbocycles. The third kappa shape index (κ3) is 3.44. The molecule has 0 aliphatic rings. The van der Waals surface area contributed by atoms with Crippen molar-refractivity contribution in [3.8, 4) is 0 Å². The normalized spacial score (nSPS) is 9.64. The summed E-state index contributed by atoms with van der Waals surface area (Å²) in [5.41, 5.74) is 0.903. The molecule has 14 heavy (non-hydrogen) atoms. The Labute approximate surface area is 102 Å². The molecule has 2 N–H and O–H groups in total. The Balaban J connectivity index is 2.72. The van der Waals surface area contributed by atoms with Gasteiger partial charge in [0.2, 0.25) is 0 Å². The molecule has 1 aromatic carbocycles. The van der Waals surface area contributed by atoms with E-state index in [1.54, 1.807) is 0 Å². The standard InChI is InChI=1S/C9H10BrClN2S/c1-2-12-9(14)13-8-4-3-6(11)5-7(8)10/h3-5H,2H2,1H3,(H2,12,13,14). The van der Waals surface area contributed by atoms with Crippen molar-refractivity contribution in [1.82, 2.24) is 5.32 Å². The van der Waals surface area contributed by atoms with E-state index < -0.39 is 0 Å². The van der Waals surface area contributed by atoms with Crippen LogP contribution in [0.5, 0.6) is 0 Å². The van der Waals surface area contributed by atoms with Crippen LogP contribution in [0.4, 0.5) is 5.69 Å². The Morgan fingerprint density at radius 1 is 1.57 bits per heavy atom. The molecule has 0 spiro atoms. The molecule has 0 radical (unpaired) electrons. The van der Waals surface area contributed by atoms with Gasteiger partial charge >= 0.3 is 0 Å². The fourth-order valence-corrected chi connectivity index (χ4v) is 1.95. The first-order valence-electron chi connectivity index (χ1n) is 4.13. The van der Waals surface area contributed by atoms with Gasteiger partial charge in [-0.05, 0) is 53.3 Å². The molecule has 0 saturated carbocycles. The molecule has 0 heterocycles. The highest BCUT2D eigenvalue weighted by atomic mass is 79.9. The lowest BCUT2D eigenvalue weighted by Gasteiger charge is -2.10. The van der Waals surface area contributed by atoms with E-state index in [0.29, 0.717) is 10.1 Å². The molecule has 0 saturated heterocycles. The summed E-state index contributed by atoms with van der Waals surface area (Å²) in [4.78, 5) is 0. The Bertz CT molecular complexity index is 344. The van der Waals surface area contributed by atoms with Crippen molar-refractivity contribution in [3.63, 3.8) is 0 Å². The van der Waals surface area contributed by atoms with Crippen molar-refractivity contribution in [2.24, 2.45) is 0 Å². The van der Waals surface area contributed by atoms with Crippen LogP contribution in [-0.4, -0.2) is 11.7 Å². The second-order valence-corrected chi connectivity index (χ2v) is 4.31. The lowest BCUT2D eigenvalue weighted by atomic mass is 10.3. The number of benzene rings is 1. The van der Waals surface area contributed by atoms with Gasteiger partial charge in [-0.1, -0.05) is 11.6 Å². The van der Waals surface area contributed by atoms with E-state index in [-0.39, 0.29) is 0 Å². The Morgan fingerprint density at radius 3 is 2.86 bits per heavy atom. The minimum atomic E-state index is 0.607. The summed E-state index contributed by atoms with van der Waals surface area (Å²) in [5.74, 6) is 0. The van der Waals surface area contributed by atoms with Crippen molar-refractivity contribution in [2.75, 3.05) is 11.9 Å². The molecular formula is C9H10BrClN2S. The first-order valence-corrected chi connectivity index (χ1v) is 5.71. The number of nitrogens with one attached hydrogen (secondary N) is 2. The summed E-state index contributed by atoms with van der Waals surface area (Å²) in [6.07, 6.45) is 0. The SMILES string of the molecule is CCNC(=S)Nc1ccc(Cl)cc1Br. The summed E-state index contributed by atoms with van der Waals surface area (Å²) in [5, 5.41) is 7.35. The van der Waals surface area contributed by atoms with E-state index in [1.807, 2.05) is 25.1 Å². The van der Waals surface area contributed by atoms with E-state index in [4.69, 9.17) is 23.8 Å². The quantitative estimate of drug-likeness (QED) is 0.817. The second kappa shape index (κ2) is 5.53. The summed E-state index contributed by atoms with van der Waals surface area (Å²) in [6.45, 7) is 2.79. The van der Waals surface area contributed by atoms with Crippen LogP contribution >= 0.6 is 39.7 Å². The fourth-order valence-electron chi connectivity index (χ4n) is 0.918. The zero-order chi connectivity index (χ0) is 10.6. The predicted octanol–water partition coefficient (Wildman–Crippen LogP) is 3.41. The van der Waals surface area contributed by atoms with Gasteiger partial charge in [-0.3, -0.25) is 0 Å². The predicted molar refractivity (Wildman–Crippen MR) is 69.0 cm³/mol. The minimum absolute atomic E-state index is 0.607. The highest BCUT2D eigenvalue weighted by Gasteiger charge is 2.01. The molecule has 0 bridgehead atoms. The fraction of sp³-hybridized carbons (Fsp3) is 0.222. The van der Waals surface area contributed by atoms with Crippen LogP contribution in [0, 0.1) is 0 Å². The van der Waals surface area contributed by atoms with Crippen molar-refractivity contribution in [2.45, 2.75) is 6.92 Å². The Morgan fingerprint density at radius 2 is 2.29 bits per heavy atom. The van der Waals surface area contributed by atoms with Crippen LogP contribution in [0.2, 0.25) is 5.02 Å². The maximum absolute atomic E-state index is 5.81. The van der Waals surface area contributed by atoms with Crippen molar-refractivity contribution in [3.05, 3.63) is 27.7 Å². The van der Waals surface area contributed by atoms with Crippen LogP contribution in [0.25, 0.3) is 0 Å². The molecule has 0 aliphatic heterocycles. The lowest BCUT2D eigenvalue weighted by molar-refractivity contribution is 0.979. The molecule has 1 rings (SSSR count). The van der Waals surface area contributed by atoms with Crippen molar-refractivity contribution >= 4 is 50.5 Å². The summed E-state index contributed by atoms with van der Waals surface area (Å²) >= 11 is 14.3. The van der Waals surface area contributed by atoms with Gasteiger partial charge in [-0.25, -0.2) is 0 Å². The number of anilines is 1. The average Bonchev–Trinajstić information content (AvgIpc) is 2.10.